The summed E-state index contributed by atoms with van der Waals surface area (Å²) in [6, 6.07) is 0. The van der Waals surface area contributed by atoms with Crippen LogP contribution in [-0.2, 0) is 0 Å². The molecule has 0 amide bonds. The molecule has 0 aromatic heterocycles. The molecule has 4 rings (SSSR count). The van der Waals surface area contributed by atoms with Gasteiger partial charge in [-0.1, -0.05) is 39.3 Å². The zero-order chi connectivity index (χ0) is 22.3. The van der Waals surface area contributed by atoms with E-state index in [1.54, 1.807) is 5.57 Å². The number of rotatable bonds is 5. The molecule has 4 aliphatic rings. The summed E-state index contributed by atoms with van der Waals surface area (Å²) in [6.07, 6.45) is 5.28. The average molecular weight is 423 g/mol. The van der Waals surface area contributed by atoms with Gasteiger partial charge >= 0.3 is 0 Å². The molecule has 4 unspecified atom stereocenters. The second-order valence-electron chi connectivity index (χ2n) is 12.1. The Morgan fingerprint density at radius 3 is 2.47 bits per heavy atom. The Bertz CT molecular complexity index is 718. The highest BCUT2D eigenvalue weighted by Crippen LogP contribution is 2.74. The van der Waals surface area contributed by atoms with Crippen LogP contribution in [-0.4, -0.2) is 56.1 Å². The van der Waals surface area contributed by atoms with Crippen LogP contribution in [0.25, 0.3) is 0 Å². The fourth-order valence-corrected chi connectivity index (χ4v) is 8.62. The molecule has 3 fully saturated rings. The fraction of sp³-hybridized carbons (Fsp3) is 0.920. The van der Waals surface area contributed by atoms with Crippen molar-refractivity contribution in [3.63, 3.8) is 0 Å². The van der Waals surface area contributed by atoms with Crippen LogP contribution in [0.4, 0.5) is 0 Å². The Morgan fingerprint density at radius 2 is 1.83 bits per heavy atom. The van der Waals surface area contributed by atoms with E-state index in [2.05, 4.69) is 33.8 Å². The lowest BCUT2D eigenvalue weighted by Gasteiger charge is -2.54. The molecule has 5 N–H and O–H groups in total. The van der Waals surface area contributed by atoms with Crippen LogP contribution in [0.2, 0.25) is 0 Å². The van der Waals surface area contributed by atoms with Crippen molar-refractivity contribution >= 4 is 0 Å². The lowest BCUT2D eigenvalue weighted by Crippen LogP contribution is -2.53. The maximum Gasteiger partial charge on any atom is 0.113 e. The van der Waals surface area contributed by atoms with Gasteiger partial charge in [-0.25, -0.2) is 0 Å². The van der Waals surface area contributed by atoms with Crippen molar-refractivity contribution < 1.29 is 25.5 Å². The molecule has 0 saturated heterocycles. The molecule has 5 nitrogen and oxygen atoms in total. The highest BCUT2D eigenvalue weighted by atomic mass is 16.4. The van der Waals surface area contributed by atoms with Gasteiger partial charge in [0.2, 0.25) is 0 Å². The highest BCUT2D eigenvalue weighted by molar-refractivity contribution is 5.36. The van der Waals surface area contributed by atoms with E-state index in [9.17, 15) is 25.5 Å². The van der Waals surface area contributed by atoms with Crippen LogP contribution in [0.5, 0.6) is 0 Å². The molecule has 5 heteroatoms. The maximum absolute atomic E-state index is 11.0. The Morgan fingerprint density at radius 1 is 1.17 bits per heavy atom. The largest absolute Gasteiger partial charge is 0.393 e. The summed E-state index contributed by atoms with van der Waals surface area (Å²) in [4.78, 5) is 0. The second-order valence-corrected chi connectivity index (χ2v) is 12.1. The van der Waals surface area contributed by atoms with Crippen molar-refractivity contribution in [2.75, 3.05) is 6.61 Å². The van der Waals surface area contributed by atoms with Crippen LogP contribution in [0, 0.1) is 39.9 Å². The zero-order valence-electron chi connectivity index (χ0n) is 19.3. The summed E-state index contributed by atoms with van der Waals surface area (Å²) < 4.78 is 0. The molecular weight excluding hydrogens is 380 g/mol. The molecule has 0 radical (unpaired) electrons. The summed E-state index contributed by atoms with van der Waals surface area (Å²) in [5, 5.41) is 52.0. The highest BCUT2D eigenvalue weighted by Gasteiger charge is 2.68. The molecule has 0 aromatic rings. The Kier molecular flexibility index (Phi) is 5.32. The SMILES string of the molecule is CC1[C@H](O)CC2C3C(C)(C=C4[C@@H](C)CC[C@@]421)CC[C@]3(C)C[C@H](O)[C@H](O)[C@@](C)(O)CO. The first-order valence-corrected chi connectivity index (χ1v) is 11.9. The third-order valence-corrected chi connectivity index (χ3v) is 10.2. The summed E-state index contributed by atoms with van der Waals surface area (Å²) in [5.41, 5.74) is -0.254. The van der Waals surface area contributed by atoms with E-state index in [0.717, 1.165) is 25.7 Å². The van der Waals surface area contributed by atoms with Crippen LogP contribution < -0.4 is 0 Å². The third-order valence-electron chi connectivity index (χ3n) is 10.2. The van der Waals surface area contributed by atoms with Crippen molar-refractivity contribution in [1.82, 2.24) is 0 Å². The van der Waals surface area contributed by atoms with Gasteiger partial charge in [0, 0.05) is 0 Å². The van der Waals surface area contributed by atoms with E-state index < -0.39 is 24.4 Å². The lowest BCUT2D eigenvalue weighted by atomic mass is 9.50. The Balaban J connectivity index is 1.71. The van der Waals surface area contributed by atoms with Gasteiger partial charge in [0.1, 0.15) is 11.7 Å². The van der Waals surface area contributed by atoms with Gasteiger partial charge in [-0.05, 0) is 85.4 Å². The van der Waals surface area contributed by atoms with E-state index in [-0.39, 0.29) is 28.3 Å². The molecule has 172 valence electrons. The Labute approximate surface area is 181 Å². The third kappa shape index (κ3) is 2.92. The number of hydrogen-bond donors (Lipinski definition) is 5. The molecule has 0 aliphatic heterocycles. The average Bonchev–Trinajstić information content (AvgIpc) is 3.24. The predicted molar refractivity (Wildman–Crippen MR) is 115 cm³/mol. The number of hydrogen-bond acceptors (Lipinski definition) is 5. The quantitative estimate of drug-likeness (QED) is 0.439. The van der Waals surface area contributed by atoms with E-state index in [1.165, 1.54) is 13.3 Å². The van der Waals surface area contributed by atoms with Crippen LogP contribution in [0.1, 0.15) is 73.1 Å². The van der Waals surface area contributed by atoms with Crippen molar-refractivity contribution in [1.29, 1.82) is 0 Å². The lowest BCUT2D eigenvalue weighted by molar-refractivity contribution is -0.147. The van der Waals surface area contributed by atoms with Gasteiger partial charge in [0.25, 0.3) is 0 Å². The topological polar surface area (TPSA) is 101 Å². The van der Waals surface area contributed by atoms with E-state index in [0.29, 0.717) is 24.2 Å². The first kappa shape index (κ1) is 22.7. The van der Waals surface area contributed by atoms with Crippen molar-refractivity contribution in [3.8, 4) is 0 Å². The first-order valence-electron chi connectivity index (χ1n) is 11.9. The summed E-state index contributed by atoms with van der Waals surface area (Å²) in [6.45, 7) is 9.91. The standard InChI is InChI=1S/C25H42O5/c1-14-6-7-25-15(2)18(27)10-16(25)20-22(3,11-17(14)25)8-9-23(20,4)12-19(28)21(29)24(5,30)13-26/h11,14-16,18-21,26-30H,6-10,12-13H2,1-5H3/t14-,15?,16?,18+,19-,20?,21-,22?,23+,24-,25-/m0/s1. The fourth-order valence-electron chi connectivity index (χ4n) is 8.62. The minimum absolute atomic E-state index is 0.0325. The molecule has 3 saturated carbocycles. The molecule has 11 atom stereocenters. The van der Waals surface area contributed by atoms with Gasteiger partial charge in [-0.2, -0.15) is 0 Å². The van der Waals surface area contributed by atoms with Crippen LogP contribution in [0.15, 0.2) is 11.6 Å². The van der Waals surface area contributed by atoms with Gasteiger partial charge < -0.3 is 25.5 Å². The smallest absolute Gasteiger partial charge is 0.113 e. The van der Waals surface area contributed by atoms with Crippen LogP contribution in [0.3, 0.4) is 0 Å². The van der Waals surface area contributed by atoms with Gasteiger partial charge in [-0.3, -0.25) is 0 Å². The maximum atomic E-state index is 11.0. The second kappa shape index (κ2) is 7.02. The van der Waals surface area contributed by atoms with Gasteiger partial charge in [0.05, 0.1) is 18.8 Å². The summed E-state index contributed by atoms with van der Waals surface area (Å²) >= 11 is 0. The molecule has 1 spiro atoms. The molecule has 0 aromatic carbocycles. The number of aliphatic hydroxyl groups is 5. The van der Waals surface area contributed by atoms with Crippen LogP contribution >= 0.6 is 0 Å². The number of fused-ring (bicyclic) bond motifs is 2. The van der Waals surface area contributed by atoms with E-state index in [4.69, 9.17) is 0 Å². The zero-order valence-corrected chi connectivity index (χ0v) is 19.3. The van der Waals surface area contributed by atoms with Crippen molar-refractivity contribution in [2.45, 2.75) is 97.1 Å². The molecule has 0 heterocycles. The summed E-state index contributed by atoms with van der Waals surface area (Å²) in [5.74, 6) is 1.52. The number of allylic oxidation sites excluding steroid dienone is 2. The first-order chi connectivity index (χ1) is 13.8. The Hall–Kier alpha value is -0.460. The normalized spacial score (nSPS) is 51.5. The molecule has 0 bridgehead atoms. The van der Waals surface area contributed by atoms with Crippen molar-refractivity contribution in [2.24, 2.45) is 39.9 Å². The molecule has 4 aliphatic carbocycles. The minimum atomic E-state index is -1.72. The van der Waals surface area contributed by atoms with Gasteiger partial charge in [0.15, 0.2) is 0 Å². The van der Waals surface area contributed by atoms with Crippen molar-refractivity contribution in [3.05, 3.63) is 11.6 Å². The molecule has 30 heavy (non-hydrogen) atoms. The predicted octanol–water partition coefficient (Wildman–Crippen LogP) is 2.64. The summed E-state index contributed by atoms with van der Waals surface area (Å²) in [7, 11) is 0. The number of aliphatic hydroxyl groups excluding tert-OH is 4. The molecular formula is C25H42O5. The van der Waals surface area contributed by atoms with Gasteiger partial charge in [-0.15, -0.1) is 0 Å². The minimum Gasteiger partial charge on any atom is -0.393 e. The van der Waals surface area contributed by atoms with E-state index >= 15 is 0 Å². The monoisotopic (exact) mass is 422 g/mol. The van der Waals surface area contributed by atoms with E-state index in [1.807, 2.05) is 0 Å².